The molecule has 0 aliphatic rings. The summed E-state index contributed by atoms with van der Waals surface area (Å²) in [6.45, 7) is 40.3. The molecule has 27 nitrogen and oxygen atoms in total. The summed E-state index contributed by atoms with van der Waals surface area (Å²) in [7, 11) is 1.65. The number of allylic oxidation sites excluding steroid dienone is 3. The number of ether oxygens (including phenoxy) is 7. The molecule has 27 heteroatoms. The van der Waals surface area contributed by atoms with Crippen molar-refractivity contribution in [2.75, 3.05) is 93.0 Å². The van der Waals surface area contributed by atoms with E-state index in [9.17, 15) is 0 Å². The molecule has 0 aliphatic carbocycles. The summed E-state index contributed by atoms with van der Waals surface area (Å²) in [6.07, 6.45) is 31.4. The molecule has 0 aliphatic heterocycles. The van der Waals surface area contributed by atoms with Crippen molar-refractivity contribution in [2.45, 2.75) is 154 Å². The van der Waals surface area contributed by atoms with Gasteiger partial charge in [-0.25, -0.2) is 23.4 Å². The fourth-order valence-electron chi connectivity index (χ4n) is 5.88. The molecule has 0 aromatic carbocycles. The van der Waals surface area contributed by atoms with E-state index in [1.807, 2.05) is 95.6 Å². The number of methoxy groups -OCH3 is 1. The maximum absolute atomic E-state index is 5.45. The largest absolute Gasteiger partial charge is 0.499 e. The van der Waals surface area contributed by atoms with Crippen LogP contribution in [-0.4, -0.2) is 183 Å². The Morgan fingerprint density at radius 1 is 0.437 bits per heavy atom. The molecule has 0 spiro atoms. The molecule has 6 rings (SSSR count). The van der Waals surface area contributed by atoms with Gasteiger partial charge in [-0.15, -0.1) is 49.5 Å². The van der Waals surface area contributed by atoms with E-state index >= 15 is 0 Å². The van der Waals surface area contributed by atoms with Crippen LogP contribution in [0.5, 0.6) is 0 Å². The maximum Gasteiger partial charge on any atom is 0.125 e. The minimum atomic E-state index is 0. The highest BCUT2D eigenvalue weighted by Gasteiger charge is 2.02. The number of aryl methyl sites for hydroxylation is 7. The normalized spacial score (nSPS) is 10.2. The molecule has 0 saturated carbocycles. The fourth-order valence-corrected chi connectivity index (χ4v) is 5.88. The lowest BCUT2D eigenvalue weighted by Gasteiger charge is -2.06. The molecule has 0 fully saturated rings. The molecular weight excluding hydrogens is 1120 g/mol. The number of hydrogen-bond donors (Lipinski definition) is 0. The van der Waals surface area contributed by atoms with E-state index in [0.29, 0.717) is 99.0 Å². The topological polar surface area (TPSA) is 267 Å². The van der Waals surface area contributed by atoms with E-state index < -0.39 is 0 Å². The second-order valence-electron chi connectivity index (χ2n) is 17.3. The molecule has 0 N–H and O–H groups in total. The first-order valence-corrected chi connectivity index (χ1v) is 29.6. The van der Waals surface area contributed by atoms with Gasteiger partial charge in [0.05, 0.1) is 151 Å². The van der Waals surface area contributed by atoms with E-state index in [-0.39, 0.29) is 7.43 Å². The van der Waals surface area contributed by atoms with Gasteiger partial charge >= 0.3 is 0 Å². The summed E-state index contributed by atoms with van der Waals surface area (Å²) in [4.78, 5) is 9.48. The number of unbranched alkanes of at least 4 members (excludes halogenated alkanes) is 1. The van der Waals surface area contributed by atoms with Crippen LogP contribution in [0.2, 0.25) is 0 Å². The van der Waals surface area contributed by atoms with Gasteiger partial charge in [-0.05, 0) is 77.9 Å². The fraction of sp³-hybridized carbons (Fsp3) is 0.617. The molecule has 0 unspecified atom stereocenters. The van der Waals surface area contributed by atoms with Crippen molar-refractivity contribution < 1.29 is 42.9 Å². The van der Waals surface area contributed by atoms with Crippen molar-refractivity contribution >= 4 is 12.4 Å². The smallest absolute Gasteiger partial charge is 0.125 e. The predicted molar refractivity (Wildman–Crippen MR) is 339 cm³/mol. The van der Waals surface area contributed by atoms with Crippen molar-refractivity contribution in [1.29, 1.82) is 0 Å². The van der Waals surface area contributed by atoms with Gasteiger partial charge in [-0.2, -0.15) is 4.89 Å². The van der Waals surface area contributed by atoms with Crippen molar-refractivity contribution in [3.63, 3.8) is 0 Å². The Balaban J connectivity index is 0. The third kappa shape index (κ3) is 45.6. The first-order chi connectivity index (χ1) is 42.2. The Labute approximate surface area is 518 Å². The molecule has 6 aromatic rings. The number of hydrogen-bond acceptors (Lipinski definition) is 21. The summed E-state index contributed by atoms with van der Waals surface area (Å²) in [5, 5.41) is 47.3. The summed E-state index contributed by atoms with van der Waals surface area (Å²) < 4.78 is 47.3. The van der Waals surface area contributed by atoms with Crippen molar-refractivity contribution in [3.05, 3.63) is 128 Å². The zero-order chi connectivity index (χ0) is 63.4. The molecule has 6 heterocycles. The molecule has 0 amide bonds. The minimum absolute atomic E-state index is 0. The van der Waals surface area contributed by atoms with Gasteiger partial charge in [0.25, 0.3) is 0 Å². The lowest BCUT2D eigenvalue weighted by molar-refractivity contribution is -0.255. The SMILES string of the molecule is C.C/C=C/OCCOCCn1cc(CC)nn1.C/C=C\OOCCOCCn1cc(CC)nn1.C=C.C=Cn1cc(CC)nn1.CC=C=Cn1cc(CC)nn1.CCCCn1cc(CC)nn1.CCc1cn(CCOCCOCCOCCOC)nn1. The van der Waals surface area contributed by atoms with Crippen LogP contribution in [0.15, 0.2) is 93.4 Å². The predicted octanol–water partition coefficient (Wildman–Crippen LogP) is 8.79. The van der Waals surface area contributed by atoms with Crippen molar-refractivity contribution in [3.8, 4) is 0 Å². The van der Waals surface area contributed by atoms with Crippen LogP contribution >= 0.6 is 0 Å². The minimum Gasteiger partial charge on any atom is -0.499 e. The van der Waals surface area contributed by atoms with Crippen LogP contribution in [-0.2, 0) is 108 Å². The Kier molecular flexibility index (Phi) is 56.7. The zero-order valence-electron chi connectivity index (χ0n) is 53.5. The molecular formula is C60H106N18O9. The van der Waals surface area contributed by atoms with Crippen LogP contribution in [0, 0.1) is 0 Å². The van der Waals surface area contributed by atoms with Gasteiger partial charge in [0.15, 0.2) is 0 Å². The molecule has 0 radical (unpaired) electrons. The molecule has 6 aromatic heterocycles. The van der Waals surface area contributed by atoms with E-state index in [1.54, 1.807) is 55.3 Å². The summed E-state index contributed by atoms with van der Waals surface area (Å²) in [6, 6.07) is 0. The first kappa shape index (κ1) is 81.7. The Bertz CT molecular complexity index is 2560. The van der Waals surface area contributed by atoms with Gasteiger partial charge in [-0.3, -0.25) is 4.68 Å². The molecule has 87 heavy (non-hydrogen) atoms. The Morgan fingerprint density at radius 3 is 1.15 bits per heavy atom. The lowest BCUT2D eigenvalue weighted by atomic mass is 10.3. The standard InChI is InChI=1S/C13H25N3O4.C11H19N3O3.C11H19N3O2.C8H15N3.C8H11N3.C6H9N3.C2H4.CH4/c1-3-13-12-16(15-14-13)4-5-18-8-9-20-11-10-19-7-6-17-2;1-3-6-16-17-9-8-15-7-5-14-10-11(4-2)12-13-14;1-3-6-15-8-9-16-7-5-14-10-11(4-2)12-13-14;2*1-3-5-6-11-7-8(4-2)9-10-11;1-3-6-5-9(4-2)8-7-6;1-2;/h12H,3-11H2,1-2H3;3,6,10H,4-5,7-9H2,1-2H3;3,6,10H,4-5,7-9H2,1-2H3;7H,3-6H2,1-2H3;3,6-7H,4H2,1-2H3;4-5H,2-3H2,1H3;1-2H2;1H4/b;6-3-;6-3+;;;;;. The summed E-state index contributed by atoms with van der Waals surface area (Å²) in [5.41, 5.74) is 9.00. The van der Waals surface area contributed by atoms with Crippen molar-refractivity contribution in [1.82, 2.24) is 90.0 Å². The average Bonchev–Trinajstić information content (AvgIpc) is 4.58. The van der Waals surface area contributed by atoms with Crippen LogP contribution < -0.4 is 0 Å². The van der Waals surface area contributed by atoms with Crippen LogP contribution in [0.3, 0.4) is 0 Å². The average molecular weight is 1220 g/mol. The second-order valence-corrected chi connectivity index (χ2v) is 17.3. The molecule has 0 saturated heterocycles. The van der Waals surface area contributed by atoms with E-state index in [0.717, 1.165) is 85.8 Å². The van der Waals surface area contributed by atoms with Gasteiger partial charge in [-0.1, -0.05) is 106 Å². The van der Waals surface area contributed by atoms with Gasteiger partial charge < -0.3 is 38.0 Å². The third-order valence-corrected chi connectivity index (χ3v) is 10.7. The van der Waals surface area contributed by atoms with Crippen LogP contribution in [0.25, 0.3) is 12.4 Å². The van der Waals surface area contributed by atoms with E-state index in [1.165, 1.54) is 19.1 Å². The maximum atomic E-state index is 5.45. The highest BCUT2D eigenvalue weighted by molar-refractivity contribution is 5.18. The summed E-state index contributed by atoms with van der Waals surface area (Å²) >= 11 is 0. The van der Waals surface area contributed by atoms with E-state index in [4.69, 9.17) is 38.0 Å². The monoisotopic (exact) mass is 1220 g/mol. The molecule has 490 valence electrons. The zero-order valence-corrected chi connectivity index (χ0v) is 53.5. The van der Waals surface area contributed by atoms with Gasteiger partial charge in [0, 0.05) is 44.6 Å². The highest BCUT2D eigenvalue weighted by atomic mass is 17.2. The number of rotatable bonds is 38. The van der Waals surface area contributed by atoms with Crippen LogP contribution in [0.4, 0.5) is 0 Å². The van der Waals surface area contributed by atoms with Gasteiger partial charge in [0.1, 0.15) is 19.5 Å². The van der Waals surface area contributed by atoms with Crippen molar-refractivity contribution in [2.24, 2.45) is 0 Å². The molecule has 0 bridgehead atoms. The third-order valence-electron chi connectivity index (χ3n) is 10.7. The Hall–Kier alpha value is -7.36. The van der Waals surface area contributed by atoms with Gasteiger partial charge in [0.2, 0.25) is 0 Å². The lowest BCUT2D eigenvalue weighted by Crippen LogP contribution is -2.13. The number of aromatic nitrogens is 18. The number of nitrogens with zero attached hydrogens (tertiary/aromatic N) is 18. The highest BCUT2D eigenvalue weighted by Crippen LogP contribution is 1.99. The van der Waals surface area contributed by atoms with Crippen LogP contribution in [0.1, 0.15) is 124 Å². The second kappa shape index (κ2) is 60.3. The molecule has 0 atom stereocenters. The first-order valence-electron chi connectivity index (χ1n) is 29.6. The Morgan fingerprint density at radius 2 is 0.793 bits per heavy atom. The van der Waals surface area contributed by atoms with E-state index in [2.05, 4.69) is 120 Å². The quantitative estimate of drug-likeness (QED) is 0.00875. The summed E-state index contributed by atoms with van der Waals surface area (Å²) in [5.74, 6) is 0.